The van der Waals surface area contributed by atoms with E-state index in [9.17, 15) is 9.59 Å². The summed E-state index contributed by atoms with van der Waals surface area (Å²) < 4.78 is 1.75. The summed E-state index contributed by atoms with van der Waals surface area (Å²) in [4.78, 5) is 29.1. The molecule has 0 radical (unpaired) electrons. The van der Waals surface area contributed by atoms with Crippen molar-refractivity contribution in [3.05, 3.63) is 59.4 Å². The minimum Gasteiger partial charge on any atom is -0.339 e. The Morgan fingerprint density at radius 2 is 1.80 bits per heavy atom. The summed E-state index contributed by atoms with van der Waals surface area (Å²) in [6.07, 6.45) is 0.870. The summed E-state index contributed by atoms with van der Waals surface area (Å²) in [7, 11) is 0. The van der Waals surface area contributed by atoms with Crippen LogP contribution in [-0.4, -0.2) is 80.1 Å². The summed E-state index contributed by atoms with van der Waals surface area (Å²) in [6, 6.07) is 13.6. The summed E-state index contributed by atoms with van der Waals surface area (Å²) >= 11 is 1.38. The van der Waals surface area contributed by atoms with Crippen molar-refractivity contribution in [2.45, 2.75) is 32.2 Å². The quantitative estimate of drug-likeness (QED) is 0.482. The van der Waals surface area contributed by atoms with Crippen LogP contribution in [0.4, 0.5) is 5.69 Å². The number of anilines is 1. The predicted molar refractivity (Wildman–Crippen MR) is 137 cm³/mol. The number of piperazine rings is 1. The van der Waals surface area contributed by atoms with E-state index in [0.717, 1.165) is 29.1 Å². The molecule has 4 rings (SSSR count). The molecular weight excluding hydrogens is 462 g/mol. The standard InChI is InChI=1S/C25H31N7O2S/c1-4-20-7-5-6-8-21(20)26-23(33)16-30-11-13-31(14-12-30)25(34)17-35-24-10-9-22(27-28-24)32-19(3)15-18(2)29-32/h5-10,15H,4,11-14,16-17H2,1-3H3,(H,26,33). The van der Waals surface area contributed by atoms with E-state index in [-0.39, 0.29) is 11.8 Å². The van der Waals surface area contributed by atoms with Crippen LogP contribution in [0.3, 0.4) is 0 Å². The largest absolute Gasteiger partial charge is 0.339 e. The van der Waals surface area contributed by atoms with E-state index in [4.69, 9.17) is 0 Å². The van der Waals surface area contributed by atoms with Gasteiger partial charge in [-0.3, -0.25) is 14.5 Å². The lowest BCUT2D eigenvalue weighted by molar-refractivity contribution is -0.130. The molecular formula is C25H31N7O2S. The normalized spacial score (nSPS) is 14.2. The smallest absolute Gasteiger partial charge is 0.238 e. The number of para-hydroxylation sites is 1. The molecule has 9 nitrogen and oxygen atoms in total. The average molecular weight is 494 g/mol. The lowest BCUT2D eigenvalue weighted by Crippen LogP contribution is -2.50. The first-order chi connectivity index (χ1) is 16.9. The highest BCUT2D eigenvalue weighted by atomic mass is 32.2. The van der Waals surface area contributed by atoms with E-state index in [1.54, 1.807) is 4.68 Å². The molecule has 3 heterocycles. The summed E-state index contributed by atoms with van der Waals surface area (Å²) in [6.45, 7) is 8.89. The number of thioether (sulfide) groups is 1. The molecule has 3 aromatic rings. The van der Waals surface area contributed by atoms with E-state index in [2.05, 4.69) is 32.4 Å². The Morgan fingerprint density at radius 1 is 1.03 bits per heavy atom. The average Bonchev–Trinajstić information content (AvgIpc) is 3.21. The van der Waals surface area contributed by atoms with Crippen molar-refractivity contribution in [1.82, 2.24) is 29.8 Å². The van der Waals surface area contributed by atoms with Gasteiger partial charge in [-0.25, -0.2) is 4.68 Å². The summed E-state index contributed by atoms with van der Waals surface area (Å²) in [5.74, 6) is 1.01. The molecule has 1 saturated heterocycles. The number of nitrogens with one attached hydrogen (secondary N) is 1. The fraction of sp³-hybridized carbons (Fsp3) is 0.400. The number of hydrogen-bond donors (Lipinski definition) is 1. The predicted octanol–water partition coefficient (Wildman–Crippen LogP) is 2.72. The highest BCUT2D eigenvalue weighted by Crippen LogP contribution is 2.18. The van der Waals surface area contributed by atoms with E-state index in [1.165, 1.54) is 11.8 Å². The first-order valence-electron chi connectivity index (χ1n) is 11.8. The number of hydrogen-bond acceptors (Lipinski definition) is 7. The Hall–Kier alpha value is -3.24. The number of benzene rings is 1. The SMILES string of the molecule is CCc1ccccc1NC(=O)CN1CCN(C(=O)CSc2ccc(-n3nc(C)cc3C)nn2)CC1. The molecule has 0 aliphatic carbocycles. The zero-order chi connectivity index (χ0) is 24.8. The third kappa shape index (κ3) is 6.46. The summed E-state index contributed by atoms with van der Waals surface area (Å²) in [5.41, 5.74) is 3.92. The van der Waals surface area contributed by atoms with Crippen molar-refractivity contribution in [2.75, 3.05) is 43.8 Å². The molecule has 0 spiro atoms. The van der Waals surface area contributed by atoms with Crippen LogP contribution in [0.15, 0.2) is 47.5 Å². The van der Waals surface area contributed by atoms with Crippen LogP contribution >= 0.6 is 11.8 Å². The lowest BCUT2D eigenvalue weighted by Gasteiger charge is -2.34. The molecule has 1 aromatic carbocycles. The third-order valence-corrected chi connectivity index (χ3v) is 6.87. The van der Waals surface area contributed by atoms with Gasteiger partial charge in [0.25, 0.3) is 0 Å². The van der Waals surface area contributed by atoms with Gasteiger partial charge in [0.2, 0.25) is 11.8 Å². The molecule has 1 aliphatic rings. The Kier molecular flexibility index (Phi) is 8.14. The fourth-order valence-electron chi connectivity index (χ4n) is 4.09. The maximum atomic E-state index is 12.7. The Labute approximate surface area is 209 Å². The van der Waals surface area contributed by atoms with Crippen molar-refractivity contribution >= 4 is 29.3 Å². The van der Waals surface area contributed by atoms with Crippen LogP contribution in [-0.2, 0) is 16.0 Å². The van der Waals surface area contributed by atoms with Crippen molar-refractivity contribution in [1.29, 1.82) is 0 Å². The maximum Gasteiger partial charge on any atom is 0.238 e. The molecule has 35 heavy (non-hydrogen) atoms. The Bertz CT molecular complexity index is 1170. The second kappa shape index (κ2) is 11.5. The van der Waals surface area contributed by atoms with Gasteiger partial charge in [0.05, 0.1) is 18.0 Å². The van der Waals surface area contributed by atoms with Gasteiger partial charge in [-0.2, -0.15) is 5.10 Å². The van der Waals surface area contributed by atoms with E-state index in [0.29, 0.717) is 49.3 Å². The third-order valence-electron chi connectivity index (χ3n) is 5.96. The van der Waals surface area contributed by atoms with Crippen LogP contribution in [0.25, 0.3) is 5.82 Å². The number of carbonyl (C=O) groups excluding carboxylic acids is 2. The van der Waals surface area contributed by atoms with Gasteiger partial charge in [-0.05, 0) is 50.1 Å². The zero-order valence-electron chi connectivity index (χ0n) is 20.4. The van der Waals surface area contributed by atoms with Gasteiger partial charge in [0, 0.05) is 37.6 Å². The zero-order valence-corrected chi connectivity index (χ0v) is 21.2. The fourth-order valence-corrected chi connectivity index (χ4v) is 4.81. The van der Waals surface area contributed by atoms with Crippen LogP contribution < -0.4 is 5.32 Å². The molecule has 1 N–H and O–H groups in total. The van der Waals surface area contributed by atoms with Crippen molar-refractivity contribution in [2.24, 2.45) is 0 Å². The first kappa shape index (κ1) is 24.9. The monoisotopic (exact) mass is 493 g/mol. The number of nitrogens with zero attached hydrogens (tertiary/aromatic N) is 6. The molecule has 0 saturated carbocycles. The minimum absolute atomic E-state index is 0.0243. The Morgan fingerprint density at radius 3 is 2.46 bits per heavy atom. The highest BCUT2D eigenvalue weighted by Gasteiger charge is 2.23. The topological polar surface area (TPSA) is 96.2 Å². The van der Waals surface area contributed by atoms with Crippen molar-refractivity contribution in [3.8, 4) is 5.82 Å². The number of carbonyl (C=O) groups is 2. The van der Waals surface area contributed by atoms with Gasteiger partial charge in [-0.1, -0.05) is 36.9 Å². The Balaban J connectivity index is 1.21. The first-order valence-corrected chi connectivity index (χ1v) is 12.8. The second-order valence-corrected chi connectivity index (χ2v) is 9.57. The molecule has 10 heteroatoms. The second-order valence-electron chi connectivity index (χ2n) is 8.57. The van der Waals surface area contributed by atoms with Crippen LogP contribution in [0.5, 0.6) is 0 Å². The van der Waals surface area contributed by atoms with Gasteiger partial charge < -0.3 is 10.2 Å². The molecule has 0 atom stereocenters. The highest BCUT2D eigenvalue weighted by molar-refractivity contribution is 7.99. The number of aromatic nitrogens is 4. The van der Waals surface area contributed by atoms with Crippen molar-refractivity contribution in [3.63, 3.8) is 0 Å². The van der Waals surface area contributed by atoms with Gasteiger partial charge in [0.1, 0.15) is 5.03 Å². The molecule has 184 valence electrons. The summed E-state index contributed by atoms with van der Waals surface area (Å²) in [5, 5.41) is 16.6. The van der Waals surface area contributed by atoms with Gasteiger partial charge in [0.15, 0.2) is 5.82 Å². The van der Waals surface area contributed by atoms with Crippen molar-refractivity contribution < 1.29 is 9.59 Å². The molecule has 2 aromatic heterocycles. The number of amides is 2. The maximum absolute atomic E-state index is 12.7. The van der Waals surface area contributed by atoms with Crippen LogP contribution in [0, 0.1) is 13.8 Å². The number of rotatable bonds is 8. The van der Waals surface area contributed by atoms with Crippen LogP contribution in [0.1, 0.15) is 23.9 Å². The molecule has 0 bridgehead atoms. The molecule has 1 aliphatic heterocycles. The van der Waals surface area contributed by atoms with Gasteiger partial charge >= 0.3 is 0 Å². The van der Waals surface area contributed by atoms with E-state index < -0.39 is 0 Å². The van der Waals surface area contributed by atoms with E-state index >= 15 is 0 Å². The molecule has 1 fully saturated rings. The molecule has 0 unspecified atom stereocenters. The van der Waals surface area contributed by atoms with Crippen LogP contribution in [0.2, 0.25) is 0 Å². The molecule has 2 amide bonds. The van der Waals surface area contributed by atoms with E-state index in [1.807, 2.05) is 61.2 Å². The minimum atomic E-state index is -0.0243. The van der Waals surface area contributed by atoms with Gasteiger partial charge in [-0.15, -0.1) is 10.2 Å². The number of aryl methyl sites for hydroxylation is 3. The lowest BCUT2D eigenvalue weighted by atomic mass is 10.1.